The number of carbonyl (C=O) groups excluding carboxylic acids is 1. The minimum atomic E-state index is -1.09. The summed E-state index contributed by atoms with van der Waals surface area (Å²) in [5.74, 6) is 0. The van der Waals surface area contributed by atoms with Gasteiger partial charge >= 0.3 is 6.09 Å². The number of benzene rings is 1. The zero-order valence-corrected chi connectivity index (χ0v) is 23.5. The Morgan fingerprint density at radius 3 is 2.49 bits per heavy atom. The summed E-state index contributed by atoms with van der Waals surface area (Å²) in [5, 5.41) is 4.44. The van der Waals surface area contributed by atoms with Crippen LogP contribution in [-0.4, -0.2) is 67.2 Å². The molecule has 1 aliphatic rings. The van der Waals surface area contributed by atoms with E-state index in [0.717, 1.165) is 61.1 Å². The highest BCUT2D eigenvalue weighted by Crippen LogP contribution is 2.32. The van der Waals surface area contributed by atoms with Crippen LogP contribution in [0, 0.1) is 0 Å². The lowest BCUT2D eigenvalue weighted by atomic mass is 10.0. The highest BCUT2D eigenvalue weighted by atomic mass is 28.3. The lowest BCUT2D eigenvalue weighted by molar-refractivity contribution is 0.0201. The second kappa shape index (κ2) is 11.0. The Morgan fingerprint density at radius 2 is 1.89 bits per heavy atom. The maximum atomic E-state index is 12.4. The standard InChI is InChI=1S/C26H43N5O3Si/c1-26(2,3)34-25(32)29(4)22-10-12-30(13-11-22)24-9-8-20(16-23(24)27)21-17-28-31(18-21)19-33-14-15-35(5,6)7/h8-9,16-18,22H,10-15,19,27H2,1-7H3. The van der Waals surface area contributed by atoms with Crippen molar-refractivity contribution in [2.75, 3.05) is 37.4 Å². The van der Waals surface area contributed by atoms with Crippen LogP contribution < -0.4 is 10.6 Å². The van der Waals surface area contributed by atoms with E-state index in [-0.39, 0.29) is 12.1 Å². The summed E-state index contributed by atoms with van der Waals surface area (Å²) in [4.78, 5) is 16.4. The van der Waals surface area contributed by atoms with Gasteiger partial charge in [-0.25, -0.2) is 9.48 Å². The Hall–Kier alpha value is -2.52. The summed E-state index contributed by atoms with van der Waals surface area (Å²) in [6.45, 7) is 15.6. The first-order valence-corrected chi connectivity index (χ1v) is 16.2. The van der Waals surface area contributed by atoms with Crippen molar-refractivity contribution in [3.8, 4) is 11.1 Å². The van der Waals surface area contributed by atoms with Crippen molar-refractivity contribution in [2.45, 2.75) is 77.7 Å². The number of nitrogens with zero attached hydrogens (tertiary/aromatic N) is 4. The molecular formula is C26H43N5O3Si. The number of piperidine rings is 1. The summed E-state index contributed by atoms with van der Waals surface area (Å²) < 4.78 is 13.2. The van der Waals surface area contributed by atoms with E-state index in [9.17, 15) is 4.79 Å². The molecule has 1 aromatic carbocycles. The van der Waals surface area contributed by atoms with Crippen molar-refractivity contribution in [1.82, 2.24) is 14.7 Å². The third-order valence-electron chi connectivity index (χ3n) is 6.25. The molecule has 3 rings (SSSR count). The van der Waals surface area contributed by atoms with E-state index in [1.54, 1.807) is 4.90 Å². The van der Waals surface area contributed by atoms with Crippen LogP contribution >= 0.6 is 0 Å². The van der Waals surface area contributed by atoms with E-state index in [0.29, 0.717) is 6.73 Å². The molecule has 2 heterocycles. The molecule has 0 unspecified atom stereocenters. The molecule has 35 heavy (non-hydrogen) atoms. The molecule has 8 nitrogen and oxygen atoms in total. The average molecular weight is 502 g/mol. The van der Waals surface area contributed by atoms with Gasteiger partial charge in [-0.15, -0.1) is 0 Å². The van der Waals surface area contributed by atoms with E-state index < -0.39 is 13.7 Å². The first-order chi connectivity index (χ1) is 16.3. The van der Waals surface area contributed by atoms with Crippen LogP contribution in [0.1, 0.15) is 33.6 Å². The molecule has 1 aliphatic heterocycles. The van der Waals surface area contributed by atoms with Crippen LogP contribution in [-0.2, 0) is 16.2 Å². The number of amides is 1. The predicted molar refractivity (Wildman–Crippen MR) is 145 cm³/mol. The van der Waals surface area contributed by atoms with E-state index >= 15 is 0 Å². The van der Waals surface area contributed by atoms with Gasteiger partial charge in [0.2, 0.25) is 0 Å². The summed E-state index contributed by atoms with van der Waals surface area (Å²) in [5.41, 5.74) is 9.84. The van der Waals surface area contributed by atoms with Crippen LogP contribution in [0.5, 0.6) is 0 Å². The molecule has 1 aromatic heterocycles. The first kappa shape index (κ1) is 27.1. The van der Waals surface area contributed by atoms with Crippen LogP contribution in [0.15, 0.2) is 30.6 Å². The van der Waals surface area contributed by atoms with Gasteiger partial charge in [-0.1, -0.05) is 25.7 Å². The SMILES string of the molecule is CN(C(=O)OC(C)(C)C)C1CCN(c2ccc(-c3cnn(COCC[Si](C)(C)C)c3)cc2N)CC1. The lowest BCUT2D eigenvalue weighted by Gasteiger charge is -2.38. The Labute approximate surface area is 211 Å². The molecule has 1 saturated heterocycles. The average Bonchev–Trinajstić information content (AvgIpc) is 3.23. The van der Waals surface area contributed by atoms with Crippen LogP contribution in [0.3, 0.4) is 0 Å². The van der Waals surface area contributed by atoms with Crippen LogP contribution in [0.2, 0.25) is 25.7 Å². The topological polar surface area (TPSA) is 85.8 Å². The highest BCUT2D eigenvalue weighted by molar-refractivity contribution is 6.76. The van der Waals surface area contributed by atoms with E-state index in [1.807, 2.05) is 51.0 Å². The van der Waals surface area contributed by atoms with Gasteiger partial charge in [0.1, 0.15) is 12.3 Å². The Morgan fingerprint density at radius 1 is 1.20 bits per heavy atom. The van der Waals surface area contributed by atoms with E-state index in [2.05, 4.69) is 41.8 Å². The van der Waals surface area contributed by atoms with Crippen LogP contribution in [0.4, 0.5) is 16.2 Å². The molecule has 0 radical (unpaired) electrons. The maximum absolute atomic E-state index is 12.4. The van der Waals surface area contributed by atoms with Crippen molar-refractivity contribution in [1.29, 1.82) is 0 Å². The molecule has 1 amide bonds. The van der Waals surface area contributed by atoms with Crippen molar-refractivity contribution < 1.29 is 14.3 Å². The third-order valence-corrected chi connectivity index (χ3v) is 7.95. The maximum Gasteiger partial charge on any atom is 0.410 e. The molecule has 2 N–H and O–H groups in total. The Kier molecular flexibility index (Phi) is 8.53. The summed E-state index contributed by atoms with van der Waals surface area (Å²) >= 11 is 0. The van der Waals surface area contributed by atoms with Gasteiger partial charge in [-0.3, -0.25) is 0 Å². The van der Waals surface area contributed by atoms with Gasteiger partial charge in [0.25, 0.3) is 0 Å². The van der Waals surface area contributed by atoms with Gasteiger partial charge in [0, 0.05) is 52.6 Å². The molecule has 1 fully saturated rings. The molecule has 0 bridgehead atoms. The minimum absolute atomic E-state index is 0.167. The number of nitrogens with two attached hydrogens (primary N) is 1. The quantitative estimate of drug-likeness (QED) is 0.301. The van der Waals surface area contributed by atoms with Gasteiger partial charge < -0.3 is 25.0 Å². The van der Waals surface area contributed by atoms with Crippen molar-refractivity contribution in [3.63, 3.8) is 0 Å². The third kappa shape index (κ3) is 8.00. The van der Waals surface area contributed by atoms with E-state index in [4.69, 9.17) is 15.2 Å². The molecule has 194 valence electrons. The number of rotatable bonds is 8. The number of hydrogen-bond acceptors (Lipinski definition) is 6. The summed E-state index contributed by atoms with van der Waals surface area (Å²) in [7, 11) is 0.740. The van der Waals surface area contributed by atoms with E-state index in [1.165, 1.54) is 0 Å². The summed E-state index contributed by atoms with van der Waals surface area (Å²) in [6.07, 6.45) is 5.35. The number of ether oxygens (including phenoxy) is 2. The molecule has 0 spiro atoms. The Bertz CT molecular complexity index is 988. The molecule has 2 aromatic rings. The highest BCUT2D eigenvalue weighted by Gasteiger charge is 2.29. The normalized spacial score (nSPS) is 15.3. The van der Waals surface area contributed by atoms with Gasteiger partial charge in [-0.05, 0) is 57.4 Å². The molecule has 9 heteroatoms. The fourth-order valence-electron chi connectivity index (χ4n) is 4.12. The number of carbonyl (C=O) groups is 1. The largest absolute Gasteiger partial charge is 0.444 e. The monoisotopic (exact) mass is 501 g/mol. The molecule has 0 atom stereocenters. The van der Waals surface area contributed by atoms with Crippen molar-refractivity contribution >= 4 is 25.5 Å². The number of anilines is 2. The number of hydrogen-bond donors (Lipinski definition) is 1. The Balaban J connectivity index is 1.55. The molecule has 0 aliphatic carbocycles. The summed E-state index contributed by atoms with van der Waals surface area (Å²) in [6, 6.07) is 7.51. The van der Waals surface area contributed by atoms with Gasteiger partial charge in [0.15, 0.2) is 0 Å². The molecular weight excluding hydrogens is 458 g/mol. The van der Waals surface area contributed by atoms with Crippen LogP contribution in [0.25, 0.3) is 11.1 Å². The fraction of sp³-hybridized carbons (Fsp3) is 0.615. The predicted octanol–water partition coefficient (Wildman–Crippen LogP) is 5.28. The zero-order valence-electron chi connectivity index (χ0n) is 22.5. The minimum Gasteiger partial charge on any atom is -0.444 e. The lowest BCUT2D eigenvalue weighted by Crippen LogP contribution is -2.47. The number of aromatic nitrogens is 2. The van der Waals surface area contributed by atoms with Gasteiger partial charge in [-0.2, -0.15) is 5.10 Å². The zero-order chi connectivity index (χ0) is 25.8. The fourth-order valence-corrected chi connectivity index (χ4v) is 4.88. The van der Waals surface area contributed by atoms with Crippen molar-refractivity contribution in [3.05, 3.63) is 30.6 Å². The second-order valence-corrected chi connectivity index (χ2v) is 17.3. The second-order valence-electron chi connectivity index (χ2n) is 11.7. The number of nitrogen functional groups attached to an aromatic ring is 1. The van der Waals surface area contributed by atoms with Gasteiger partial charge in [0.05, 0.1) is 17.6 Å². The molecule has 0 saturated carbocycles. The van der Waals surface area contributed by atoms with Crippen molar-refractivity contribution in [2.24, 2.45) is 0 Å². The smallest absolute Gasteiger partial charge is 0.410 e. The first-order valence-electron chi connectivity index (χ1n) is 12.5.